The van der Waals surface area contributed by atoms with Crippen molar-refractivity contribution in [1.82, 2.24) is 4.90 Å². The molecule has 1 fully saturated rings. The lowest BCUT2D eigenvalue weighted by Crippen LogP contribution is -2.43. The molecule has 0 radical (unpaired) electrons. The van der Waals surface area contributed by atoms with Gasteiger partial charge in [0, 0.05) is 25.4 Å². The highest BCUT2D eigenvalue weighted by Crippen LogP contribution is 2.18. The standard InChI is InChI=1S/C14H20N2O2/c1-11-5-2-3-7-13(11)15-14(18)16-8-4-6-12(9-16)10-17/h2-3,5,7,12,17H,4,6,8-10H2,1H3,(H,15,18). The molecule has 1 heterocycles. The highest BCUT2D eigenvalue weighted by molar-refractivity contribution is 5.90. The van der Waals surface area contributed by atoms with Gasteiger partial charge < -0.3 is 15.3 Å². The molecule has 1 saturated heterocycles. The number of nitrogens with zero attached hydrogens (tertiary/aromatic N) is 1. The molecule has 0 aliphatic carbocycles. The molecule has 2 amide bonds. The van der Waals surface area contributed by atoms with Crippen LogP contribution >= 0.6 is 0 Å². The zero-order valence-corrected chi connectivity index (χ0v) is 10.7. The number of aliphatic hydroxyl groups excluding tert-OH is 1. The van der Waals surface area contributed by atoms with Gasteiger partial charge in [0.1, 0.15) is 0 Å². The highest BCUT2D eigenvalue weighted by atomic mass is 16.3. The molecule has 1 aromatic carbocycles. The molecular weight excluding hydrogens is 228 g/mol. The maximum Gasteiger partial charge on any atom is 0.321 e. The quantitative estimate of drug-likeness (QED) is 0.843. The topological polar surface area (TPSA) is 52.6 Å². The van der Waals surface area contributed by atoms with Crippen LogP contribution in [-0.4, -0.2) is 35.7 Å². The van der Waals surface area contributed by atoms with Crippen molar-refractivity contribution in [3.63, 3.8) is 0 Å². The van der Waals surface area contributed by atoms with E-state index in [1.165, 1.54) is 0 Å². The van der Waals surface area contributed by atoms with Gasteiger partial charge in [-0.2, -0.15) is 0 Å². The molecule has 98 valence electrons. The van der Waals surface area contributed by atoms with Crippen LogP contribution in [0.15, 0.2) is 24.3 Å². The van der Waals surface area contributed by atoms with E-state index in [1.807, 2.05) is 31.2 Å². The van der Waals surface area contributed by atoms with E-state index in [-0.39, 0.29) is 18.6 Å². The molecule has 1 unspecified atom stereocenters. The van der Waals surface area contributed by atoms with Crippen molar-refractivity contribution in [2.24, 2.45) is 5.92 Å². The van der Waals surface area contributed by atoms with E-state index in [1.54, 1.807) is 4.90 Å². The SMILES string of the molecule is Cc1ccccc1NC(=O)N1CCCC(CO)C1. The zero-order chi connectivity index (χ0) is 13.0. The lowest BCUT2D eigenvalue weighted by atomic mass is 9.99. The summed E-state index contributed by atoms with van der Waals surface area (Å²) in [6.45, 7) is 3.55. The van der Waals surface area contributed by atoms with Gasteiger partial charge in [-0.3, -0.25) is 0 Å². The summed E-state index contributed by atoms with van der Waals surface area (Å²) in [5, 5.41) is 12.1. The lowest BCUT2D eigenvalue weighted by Gasteiger charge is -2.32. The normalized spacial score (nSPS) is 19.7. The molecule has 0 spiro atoms. The van der Waals surface area contributed by atoms with E-state index in [2.05, 4.69) is 5.32 Å². The number of rotatable bonds is 2. The zero-order valence-electron chi connectivity index (χ0n) is 10.7. The number of carbonyl (C=O) groups is 1. The molecule has 1 atom stereocenters. The summed E-state index contributed by atoms with van der Waals surface area (Å²) in [7, 11) is 0. The molecule has 2 rings (SSSR count). The van der Waals surface area contributed by atoms with Crippen molar-refractivity contribution in [1.29, 1.82) is 0 Å². The first kappa shape index (κ1) is 12.9. The number of amides is 2. The number of aryl methyl sites for hydroxylation is 1. The number of para-hydroxylation sites is 1. The van der Waals surface area contributed by atoms with Crippen molar-refractivity contribution in [2.45, 2.75) is 19.8 Å². The minimum absolute atomic E-state index is 0.0672. The van der Waals surface area contributed by atoms with Crippen LogP contribution in [0.5, 0.6) is 0 Å². The van der Waals surface area contributed by atoms with Crippen LogP contribution in [-0.2, 0) is 0 Å². The molecule has 18 heavy (non-hydrogen) atoms. The lowest BCUT2D eigenvalue weighted by molar-refractivity contribution is 0.136. The molecule has 0 bridgehead atoms. The molecule has 1 aliphatic heterocycles. The molecule has 1 aromatic rings. The van der Waals surface area contributed by atoms with Crippen LogP contribution in [0.4, 0.5) is 10.5 Å². The molecule has 1 aliphatic rings. The Morgan fingerprint density at radius 3 is 3.00 bits per heavy atom. The van der Waals surface area contributed by atoms with Crippen LogP contribution in [0.2, 0.25) is 0 Å². The summed E-state index contributed by atoms with van der Waals surface area (Å²) in [5.74, 6) is 0.223. The van der Waals surface area contributed by atoms with E-state index < -0.39 is 0 Å². The predicted molar refractivity (Wildman–Crippen MR) is 71.6 cm³/mol. The number of hydrogen-bond acceptors (Lipinski definition) is 2. The minimum Gasteiger partial charge on any atom is -0.396 e. The Bertz CT molecular complexity index is 420. The second-order valence-corrected chi connectivity index (χ2v) is 4.88. The number of carbonyl (C=O) groups excluding carboxylic acids is 1. The van der Waals surface area contributed by atoms with E-state index in [0.717, 1.165) is 30.6 Å². The first-order valence-corrected chi connectivity index (χ1v) is 6.43. The maximum atomic E-state index is 12.1. The largest absolute Gasteiger partial charge is 0.396 e. The Kier molecular flexibility index (Phi) is 4.20. The second-order valence-electron chi connectivity index (χ2n) is 4.88. The molecule has 4 nitrogen and oxygen atoms in total. The van der Waals surface area contributed by atoms with Crippen molar-refractivity contribution < 1.29 is 9.90 Å². The average Bonchev–Trinajstić information content (AvgIpc) is 2.41. The first-order chi connectivity index (χ1) is 8.70. The van der Waals surface area contributed by atoms with Crippen molar-refractivity contribution in [3.05, 3.63) is 29.8 Å². The summed E-state index contributed by atoms with van der Waals surface area (Å²) < 4.78 is 0. The number of nitrogens with one attached hydrogen (secondary N) is 1. The fraction of sp³-hybridized carbons (Fsp3) is 0.500. The Morgan fingerprint density at radius 1 is 1.50 bits per heavy atom. The number of urea groups is 1. The van der Waals surface area contributed by atoms with Gasteiger partial charge in [0.25, 0.3) is 0 Å². The first-order valence-electron chi connectivity index (χ1n) is 6.43. The van der Waals surface area contributed by atoms with Crippen LogP contribution in [0.25, 0.3) is 0 Å². The highest BCUT2D eigenvalue weighted by Gasteiger charge is 2.23. The van der Waals surface area contributed by atoms with E-state index in [4.69, 9.17) is 5.11 Å². The van der Waals surface area contributed by atoms with Gasteiger partial charge in [0.05, 0.1) is 0 Å². The molecule has 4 heteroatoms. The third kappa shape index (κ3) is 3.01. The van der Waals surface area contributed by atoms with Gasteiger partial charge in [-0.15, -0.1) is 0 Å². The summed E-state index contributed by atoms with van der Waals surface area (Å²) >= 11 is 0. The number of benzene rings is 1. The van der Waals surface area contributed by atoms with Gasteiger partial charge in [-0.05, 0) is 37.3 Å². The van der Waals surface area contributed by atoms with Crippen molar-refractivity contribution in [2.75, 3.05) is 25.0 Å². The van der Waals surface area contributed by atoms with E-state index in [9.17, 15) is 4.79 Å². The van der Waals surface area contributed by atoms with Crippen molar-refractivity contribution >= 4 is 11.7 Å². The van der Waals surface area contributed by atoms with Gasteiger partial charge in [0.2, 0.25) is 0 Å². The number of likely N-dealkylation sites (tertiary alicyclic amines) is 1. The van der Waals surface area contributed by atoms with E-state index in [0.29, 0.717) is 6.54 Å². The number of piperidine rings is 1. The van der Waals surface area contributed by atoms with Gasteiger partial charge >= 0.3 is 6.03 Å². The smallest absolute Gasteiger partial charge is 0.321 e. The Hall–Kier alpha value is -1.55. The third-order valence-electron chi connectivity index (χ3n) is 3.45. The monoisotopic (exact) mass is 248 g/mol. The van der Waals surface area contributed by atoms with Crippen LogP contribution in [0, 0.1) is 12.8 Å². The third-order valence-corrected chi connectivity index (χ3v) is 3.45. The number of aliphatic hydroxyl groups is 1. The summed E-state index contributed by atoms with van der Waals surface area (Å²) in [5.41, 5.74) is 1.91. The predicted octanol–water partition coefficient (Wildman–Crippen LogP) is 2.23. The van der Waals surface area contributed by atoms with E-state index >= 15 is 0 Å². The fourth-order valence-corrected chi connectivity index (χ4v) is 2.31. The fourth-order valence-electron chi connectivity index (χ4n) is 2.31. The van der Waals surface area contributed by atoms with Crippen LogP contribution in [0.3, 0.4) is 0 Å². The molecule has 0 aromatic heterocycles. The van der Waals surface area contributed by atoms with Crippen LogP contribution in [0.1, 0.15) is 18.4 Å². The summed E-state index contributed by atoms with van der Waals surface area (Å²) in [6.07, 6.45) is 1.97. The summed E-state index contributed by atoms with van der Waals surface area (Å²) in [4.78, 5) is 13.9. The number of anilines is 1. The number of hydrogen-bond donors (Lipinski definition) is 2. The van der Waals surface area contributed by atoms with Gasteiger partial charge in [0.15, 0.2) is 0 Å². The maximum absolute atomic E-state index is 12.1. The molecule has 0 saturated carbocycles. The molecular formula is C14H20N2O2. The van der Waals surface area contributed by atoms with Crippen molar-refractivity contribution in [3.8, 4) is 0 Å². The molecule has 2 N–H and O–H groups in total. The van der Waals surface area contributed by atoms with Gasteiger partial charge in [-0.25, -0.2) is 4.79 Å². The summed E-state index contributed by atoms with van der Waals surface area (Å²) in [6, 6.07) is 7.67. The Labute approximate surface area is 108 Å². The Morgan fingerprint density at radius 2 is 2.28 bits per heavy atom. The second kappa shape index (κ2) is 5.87. The Balaban J connectivity index is 1.97. The minimum atomic E-state index is -0.0672. The van der Waals surface area contributed by atoms with Crippen LogP contribution < -0.4 is 5.32 Å². The van der Waals surface area contributed by atoms with Gasteiger partial charge in [-0.1, -0.05) is 18.2 Å². The average molecular weight is 248 g/mol.